The first-order chi connectivity index (χ1) is 11.5. The third kappa shape index (κ3) is 4.45. The van der Waals surface area contributed by atoms with Gasteiger partial charge in [-0.15, -0.1) is 0 Å². The summed E-state index contributed by atoms with van der Waals surface area (Å²) < 4.78 is 0. The highest BCUT2D eigenvalue weighted by atomic mass is 35.5. The molecule has 0 aliphatic heterocycles. The van der Waals surface area contributed by atoms with E-state index in [1.54, 1.807) is 12.1 Å². The number of amides is 2. The smallest absolute Gasteiger partial charge is 0.271 e. The number of nitrogens with one attached hydrogen (secondary N) is 2. The summed E-state index contributed by atoms with van der Waals surface area (Å²) in [4.78, 5) is 30.0. The van der Waals surface area contributed by atoms with Gasteiger partial charge in [0.25, 0.3) is 11.8 Å². The van der Waals surface area contributed by atoms with E-state index in [0.717, 1.165) is 18.8 Å². The number of halogens is 1. The molecule has 126 valence electrons. The maximum Gasteiger partial charge on any atom is 0.271 e. The third-order valence-corrected chi connectivity index (χ3v) is 3.76. The molecule has 0 aliphatic carbocycles. The van der Waals surface area contributed by atoms with Gasteiger partial charge < -0.3 is 4.90 Å². The van der Waals surface area contributed by atoms with E-state index in [9.17, 15) is 9.59 Å². The van der Waals surface area contributed by atoms with Crippen molar-refractivity contribution in [2.45, 2.75) is 13.8 Å². The number of hydrogen-bond acceptors (Lipinski definition) is 4. The van der Waals surface area contributed by atoms with E-state index in [-0.39, 0.29) is 0 Å². The van der Waals surface area contributed by atoms with Crippen LogP contribution in [0.25, 0.3) is 0 Å². The summed E-state index contributed by atoms with van der Waals surface area (Å²) in [5.74, 6) is -0.858. The maximum atomic E-state index is 12.1. The molecule has 0 bridgehead atoms. The summed E-state index contributed by atoms with van der Waals surface area (Å²) >= 11 is 5.66. The largest absolute Gasteiger partial charge is 0.372 e. The van der Waals surface area contributed by atoms with Crippen molar-refractivity contribution in [3.05, 3.63) is 58.9 Å². The molecule has 0 spiro atoms. The van der Waals surface area contributed by atoms with Gasteiger partial charge in [-0.1, -0.05) is 11.6 Å². The Kier molecular flexibility index (Phi) is 6.14. The monoisotopic (exact) mass is 346 g/mol. The molecule has 0 atom stereocenters. The van der Waals surface area contributed by atoms with Crippen molar-refractivity contribution in [1.29, 1.82) is 0 Å². The predicted molar refractivity (Wildman–Crippen MR) is 94.2 cm³/mol. The van der Waals surface area contributed by atoms with E-state index in [4.69, 9.17) is 11.6 Å². The van der Waals surface area contributed by atoms with Crippen molar-refractivity contribution in [3.8, 4) is 0 Å². The summed E-state index contributed by atoms with van der Waals surface area (Å²) in [7, 11) is 0. The lowest BCUT2D eigenvalue weighted by Crippen LogP contribution is -2.41. The van der Waals surface area contributed by atoms with E-state index in [0.29, 0.717) is 16.3 Å². The highest BCUT2D eigenvalue weighted by molar-refractivity contribution is 6.29. The second-order valence-corrected chi connectivity index (χ2v) is 5.38. The normalized spacial score (nSPS) is 10.1. The molecule has 6 nitrogen and oxygen atoms in total. The number of pyridine rings is 1. The minimum atomic E-state index is -0.465. The molecule has 0 fully saturated rings. The number of hydrogen-bond donors (Lipinski definition) is 2. The fraction of sp³-hybridized carbons (Fsp3) is 0.235. The predicted octanol–water partition coefficient (Wildman–Crippen LogP) is 2.66. The first-order valence-electron chi connectivity index (χ1n) is 7.62. The molecule has 1 heterocycles. The molecular formula is C17H19ClN4O2. The van der Waals surface area contributed by atoms with Gasteiger partial charge in [0.05, 0.1) is 5.56 Å². The van der Waals surface area contributed by atoms with Crippen molar-refractivity contribution < 1.29 is 9.59 Å². The van der Waals surface area contributed by atoms with E-state index in [1.165, 1.54) is 18.3 Å². The SMILES string of the molecule is CCN(CC)c1ccc(C(=O)NNC(=O)c2ccc(Cl)nc2)cc1. The van der Waals surface area contributed by atoms with Crippen molar-refractivity contribution in [2.75, 3.05) is 18.0 Å². The number of anilines is 1. The summed E-state index contributed by atoms with van der Waals surface area (Å²) in [6, 6.07) is 10.2. The molecule has 24 heavy (non-hydrogen) atoms. The Bertz CT molecular complexity index is 698. The second kappa shape index (κ2) is 8.31. The van der Waals surface area contributed by atoms with E-state index >= 15 is 0 Å². The van der Waals surface area contributed by atoms with E-state index < -0.39 is 11.8 Å². The lowest BCUT2D eigenvalue weighted by atomic mass is 10.2. The Balaban J connectivity index is 1.94. The molecule has 2 N–H and O–H groups in total. The van der Waals surface area contributed by atoms with Crippen molar-refractivity contribution in [3.63, 3.8) is 0 Å². The molecule has 1 aromatic heterocycles. The number of carbonyl (C=O) groups excluding carboxylic acids is 2. The molecule has 0 saturated heterocycles. The van der Waals surface area contributed by atoms with Gasteiger partial charge in [-0.2, -0.15) is 0 Å². The van der Waals surface area contributed by atoms with Crippen LogP contribution in [0.3, 0.4) is 0 Å². The number of hydrazine groups is 1. The Morgan fingerprint density at radius 3 is 2.00 bits per heavy atom. The number of rotatable bonds is 5. The summed E-state index contributed by atoms with van der Waals surface area (Å²) in [5, 5.41) is 0.295. The van der Waals surface area contributed by atoms with Crippen molar-refractivity contribution in [2.24, 2.45) is 0 Å². The Labute approximate surface area is 145 Å². The standard InChI is InChI=1S/C17H19ClN4O2/c1-3-22(4-2)14-8-5-12(6-9-14)16(23)20-21-17(24)13-7-10-15(18)19-11-13/h5-11H,3-4H2,1-2H3,(H,20,23)(H,21,24). The summed E-state index contributed by atoms with van der Waals surface area (Å²) in [6.07, 6.45) is 1.34. The fourth-order valence-corrected chi connectivity index (χ4v) is 2.29. The van der Waals surface area contributed by atoms with Gasteiger partial charge in [0.2, 0.25) is 0 Å². The molecule has 0 saturated carbocycles. The third-order valence-electron chi connectivity index (χ3n) is 3.54. The minimum Gasteiger partial charge on any atom is -0.372 e. The molecule has 2 amide bonds. The van der Waals surface area contributed by atoms with Crippen LogP contribution in [0, 0.1) is 0 Å². The van der Waals surface area contributed by atoms with Gasteiger partial charge >= 0.3 is 0 Å². The molecule has 2 rings (SSSR count). The van der Waals surface area contributed by atoms with Crippen LogP contribution in [0.15, 0.2) is 42.6 Å². The Morgan fingerprint density at radius 2 is 1.50 bits per heavy atom. The molecular weight excluding hydrogens is 328 g/mol. The zero-order valence-electron chi connectivity index (χ0n) is 13.5. The number of nitrogens with zero attached hydrogens (tertiary/aromatic N) is 2. The van der Waals surface area contributed by atoms with Crippen LogP contribution in [0.2, 0.25) is 5.15 Å². The average molecular weight is 347 g/mol. The number of carbonyl (C=O) groups is 2. The van der Waals surface area contributed by atoms with Crippen LogP contribution >= 0.6 is 11.6 Å². The molecule has 7 heteroatoms. The first kappa shape index (κ1) is 17.7. The van der Waals surface area contributed by atoms with Crippen LogP contribution in [0.1, 0.15) is 34.6 Å². The lowest BCUT2D eigenvalue weighted by molar-refractivity contribution is 0.0846. The highest BCUT2D eigenvalue weighted by Crippen LogP contribution is 2.14. The maximum absolute atomic E-state index is 12.1. The van der Waals surface area contributed by atoms with Gasteiger partial charge in [-0.3, -0.25) is 20.4 Å². The molecule has 0 aliphatic rings. The minimum absolute atomic E-state index is 0.295. The van der Waals surface area contributed by atoms with Crippen molar-refractivity contribution in [1.82, 2.24) is 15.8 Å². The Hall–Kier alpha value is -2.60. The molecule has 2 aromatic rings. The van der Waals surface area contributed by atoms with Gasteiger partial charge in [0, 0.05) is 30.5 Å². The topological polar surface area (TPSA) is 74.3 Å². The zero-order valence-corrected chi connectivity index (χ0v) is 14.3. The van der Waals surface area contributed by atoms with Crippen LogP contribution < -0.4 is 15.8 Å². The van der Waals surface area contributed by atoms with Crippen molar-refractivity contribution >= 4 is 29.1 Å². The molecule has 0 radical (unpaired) electrons. The van der Waals surface area contributed by atoms with E-state index in [2.05, 4.69) is 34.6 Å². The van der Waals surface area contributed by atoms with Gasteiger partial charge in [0.1, 0.15) is 5.15 Å². The summed E-state index contributed by atoms with van der Waals surface area (Å²) in [5.41, 5.74) is 6.53. The second-order valence-electron chi connectivity index (χ2n) is 5.00. The molecule has 1 aromatic carbocycles. The van der Waals surface area contributed by atoms with Crippen LogP contribution in [-0.4, -0.2) is 29.9 Å². The number of benzene rings is 1. The van der Waals surface area contributed by atoms with E-state index in [1.807, 2.05) is 12.1 Å². The Morgan fingerprint density at radius 1 is 0.958 bits per heavy atom. The number of aromatic nitrogens is 1. The van der Waals surface area contributed by atoms with Gasteiger partial charge in [-0.05, 0) is 50.2 Å². The van der Waals surface area contributed by atoms with Crippen LogP contribution in [0.5, 0.6) is 0 Å². The first-order valence-corrected chi connectivity index (χ1v) is 8.00. The van der Waals surface area contributed by atoms with Crippen LogP contribution in [0.4, 0.5) is 5.69 Å². The highest BCUT2D eigenvalue weighted by Gasteiger charge is 2.10. The lowest BCUT2D eigenvalue weighted by Gasteiger charge is -2.21. The molecule has 0 unspecified atom stereocenters. The summed E-state index contributed by atoms with van der Waals surface area (Å²) in [6.45, 7) is 5.94. The quantitative estimate of drug-likeness (QED) is 0.644. The fourth-order valence-electron chi connectivity index (χ4n) is 2.18. The van der Waals surface area contributed by atoms with Gasteiger partial charge in [-0.25, -0.2) is 4.98 Å². The zero-order chi connectivity index (χ0) is 17.5. The average Bonchev–Trinajstić information content (AvgIpc) is 2.61. The van der Waals surface area contributed by atoms with Gasteiger partial charge in [0.15, 0.2) is 0 Å². The van der Waals surface area contributed by atoms with Crippen LogP contribution in [-0.2, 0) is 0 Å².